The fourth-order valence-corrected chi connectivity index (χ4v) is 3.27. The van der Waals surface area contributed by atoms with Crippen molar-refractivity contribution in [3.63, 3.8) is 0 Å². The van der Waals surface area contributed by atoms with E-state index >= 15 is 0 Å². The number of nitrogens with two attached hydrogens (primary N) is 1. The number of hydrogen-bond donors (Lipinski definition) is 2. The Balaban J connectivity index is 3.18. The van der Waals surface area contributed by atoms with Gasteiger partial charge >= 0.3 is 0 Å². The molecule has 0 aromatic carbocycles. The van der Waals surface area contributed by atoms with E-state index in [1.165, 1.54) is 0 Å². The number of hydrogen-bond acceptors (Lipinski definition) is 2. The fourth-order valence-electron chi connectivity index (χ4n) is 1.97. The Hall–Kier alpha value is -0.910. The molecule has 1 aliphatic heterocycles. The van der Waals surface area contributed by atoms with E-state index in [1.54, 1.807) is 30.6 Å². The van der Waals surface area contributed by atoms with Crippen LogP contribution in [0.1, 0.15) is 19.8 Å². The van der Waals surface area contributed by atoms with Crippen LogP contribution in [0.3, 0.4) is 0 Å². The van der Waals surface area contributed by atoms with Crippen molar-refractivity contribution in [2.75, 3.05) is 0 Å². The molecular weight excluding hydrogens is 226 g/mol. The van der Waals surface area contributed by atoms with Crippen molar-refractivity contribution >= 4 is 10.1 Å². The normalized spacial score (nSPS) is 20.6. The first kappa shape index (κ1) is 13.2. The summed E-state index contributed by atoms with van der Waals surface area (Å²) >= 11 is 0. The molecule has 1 atom stereocenters. The highest BCUT2D eigenvalue weighted by Crippen LogP contribution is 2.35. The molecule has 16 heavy (non-hydrogen) atoms. The molecule has 0 aromatic heterocycles. The highest BCUT2D eigenvalue weighted by Gasteiger charge is 2.41. The third-order valence-electron chi connectivity index (χ3n) is 2.81. The summed E-state index contributed by atoms with van der Waals surface area (Å²) < 4.78 is 32.1. The van der Waals surface area contributed by atoms with Gasteiger partial charge in [-0.1, -0.05) is 19.4 Å². The predicted octanol–water partition coefficient (Wildman–Crippen LogP) is 0.820. The molecule has 1 aliphatic rings. The Kier molecular flexibility index (Phi) is 4.07. The van der Waals surface area contributed by atoms with Crippen LogP contribution in [0.4, 0.5) is 0 Å². The van der Waals surface area contributed by atoms with Crippen LogP contribution in [0.5, 0.6) is 0 Å². The average Bonchev–Trinajstić information content (AvgIpc) is 2.25. The number of allylic oxidation sites excluding steroid dienone is 3. The molecule has 0 saturated carbocycles. The minimum Gasteiger partial charge on any atom is -0.294 e. The maximum Gasteiger partial charge on any atom is 0.269 e. The summed E-state index contributed by atoms with van der Waals surface area (Å²) in [6, 6.07) is 0. The topological polar surface area (TPSA) is 71.0 Å². The van der Waals surface area contributed by atoms with Gasteiger partial charge in [-0.05, 0) is 18.6 Å². The van der Waals surface area contributed by atoms with Gasteiger partial charge in [0.15, 0.2) is 0 Å². The average molecular weight is 244 g/mol. The van der Waals surface area contributed by atoms with Crippen LogP contribution in [-0.2, 0) is 10.1 Å². The van der Waals surface area contributed by atoms with Gasteiger partial charge in [0.2, 0.25) is 0 Å². The first-order chi connectivity index (χ1) is 7.46. The Morgan fingerprint density at radius 3 is 2.44 bits per heavy atom. The predicted molar refractivity (Wildman–Crippen MR) is 63.1 cm³/mol. The van der Waals surface area contributed by atoms with E-state index in [4.69, 9.17) is 0 Å². The Bertz CT molecular complexity index is 397. The second-order valence-electron chi connectivity index (χ2n) is 3.91. The van der Waals surface area contributed by atoms with Gasteiger partial charge in [-0.25, -0.2) is 0 Å². The fraction of sp³-hybridized carbons (Fsp3) is 0.455. The molecule has 3 N–H and O–H groups in total. The van der Waals surface area contributed by atoms with Crippen molar-refractivity contribution in [1.82, 2.24) is 0 Å². The molecule has 1 heterocycles. The van der Waals surface area contributed by atoms with Crippen molar-refractivity contribution in [3.05, 3.63) is 37.2 Å². The van der Waals surface area contributed by atoms with Crippen molar-refractivity contribution in [1.29, 1.82) is 0 Å². The molecule has 90 valence electrons. The van der Waals surface area contributed by atoms with Crippen LogP contribution in [0.15, 0.2) is 37.2 Å². The second kappa shape index (κ2) is 4.95. The quantitative estimate of drug-likeness (QED) is 0.555. The molecule has 0 radical (unpaired) electrons. The number of quaternary nitrogens is 1. The highest BCUT2D eigenvalue weighted by molar-refractivity contribution is 7.86. The standard InChI is InChI=1S/C11H17NO3S/c1-3-5-10(16(13,14)15)11(4-2)6-8-12-9-7-11/h4,6-10,12H,2-3,5H2,1H3,(H,13,14,15)/p+1. The summed E-state index contributed by atoms with van der Waals surface area (Å²) in [4.78, 5) is 0. The van der Waals surface area contributed by atoms with Crippen LogP contribution < -0.4 is 5.32 Å². The van der Waals surface area contributed by atoms with Crippen LogP contribution in [0.25, 0.3) is 0 Å². The molecule has 0 saturated heterocycles. The lowest BCUT2D eigenvalue weighted by molar-refractivity contribution is -0.516. The van der Waals surface area contributed by atoms with Gasteiger partial charge in [0.05, 0.1) is 17.8 Å². The van der Waals surface area contributed by atoms with Crippen molar-refractivity contribution in [3.8, 4) is 0 Å². The maximum atomic E-state index is 11.4. The zero-order valence-corrected chi connectivity index (χ0v) is 10.2. The molecule has 4 nitrogen and oxygen atoms in total. The van der Waals surface area contributed by atoms with Gasteiger partial charge in [0.25, 0.3) is 10.1 Å². The molecular formula is C11H18NO3S+. The monoisotopic (exact) mass is 244 g/mol. The number of rotatable bonds is 5. The minimum absolute atomic E-state index is 0.402. The smallest absolute Gasteiger partial charge is 0.269 e. The molecule has 1 rings (SSSR count). The van der Waals surface area contributed by atoms with E-state index in [-0.39, 0.29) is 0 Å². The van der Waals surface area contributed by atoms with Crippen LogP contribution in [0, 0.1) is 5.41 Å². The zero-order chi connectivity index (χ0) is 12.2. The van der Waals surface area contributed by atoms with Gasteiger partial charge in [0, 0.05) is 0 Å². The third kappa shape index (κ3) is 2.61. The van der Waals surface area contributed by atoms with Gasteiger partial charge in [-0.2, -0.15) is 8.42 Å². The molecule has 0 amide bonds. The molecule has 5 heteroatoms. The summed E-state index contributed by atoms with van der Waals surface area (Å²) in [6.07, 6.45) is 9.72. The zero-order valence-electron chi connectivity index (χ0n) is 9.33. The lowest BCUT2D eigenvalue weighted by atomic mass is 9.81. The van der Waals surface area contributed by atoms with E-state index in [0.717, 1.165) is 0 Å². The summed E-state index contributed by atoms with van der Waals surface area (Å²) in [5.74, 6) is 0. The molecule has 0 bridgehead atoms. The summed E-state index contributed by atoms with van der Waals surface area (Å²) in [5, 5.41) is 0.957. The van der Waals surface area contributed by atoms with E-state index < -0.39 is 20.8 Å². The summed E-state index contributed by atoms with van der Waals surface area (Å²) in [5.41, 5.74) is -0.793. The van der Waals surface area contributed by atoms with Gasteiger partial charge in [-0.15, -0.1) is 6.58 Å². The van der Waals surface area contributed by atoms with Crippen molar-refractivity contribution < 1.29 is 18.3 Å². The molecule has 0 spiro atoms. The van der Waals surface area contributed by atoms with E-state index in [1.807, 2.05) is 12.2 Å². The Morgan fingerprint density at radius 1 is 1.50 bits per heavy atom. The van der Waals surface area contributed by atoms with Crippen LogP contribution in [-0.4, -0.2) is 18.2 Å². The van der Waals surface area contributed by atoms with Crippen LogP contribution >= 0.6 is 0 Å². The molecule has 0 aromatic rings. The first-order valence-corrected chi connectivity index (χ1v) is 6.77. The first-order valence-electron chi connectivity index (χ1n) is 5.26. The molecule has 0 aliphatic carbocycles. The highest BCUT2D eigenvalue weighted by atomic mass is 32.2. The third-order valence-corrected chi connectivity index (χ3v) is 4.18. The van der Waals surface area contributed by atoms with Crippen molar-refractivity contribution in [2.45, 2.75) is 25.0 Å². The van der Waals surface area contributed by atoms with Crippen molar-refractivity contribution in [2.24, 2.45) is 5.41 Å². The second-order valence-corrected chi connectivity index (χ2v) is 5.51. The minimum atomic E-state index is -4.08. The Morgan fingerprint density at radius 2 is 2.06 bits per heavy atom. The summed E-state index contributed by atoms with van der Waals surface area (Å²) in [7, 11) is -4.08. The Labute approximate surface area is 96.5 Å². The van der Waals surface area contributed by atoms with Gasteiger partial charge in [-0.3, -0.25) is 9.87 Å². The maximum absolute atomic E-state index is 11.4. The van der Waals surface area contributed by atoms with Gasteiger partial charge in [0.1, 0.15) is 5.25 Å². The summed E-state index contributed by atoms with van der Waals surface area (Å²) in [6.45, 7) is 5.57. The lowest BCUT2D eigenvalue weighted by Gasteiger charge is -2.31. The van der Waals surface area contributed by atoms with E-state index in [9.17, 15) is 13.0 Å². The molecule has 1 unspecified atom stereocenters. The van der Waals surface area contributed by atoms with E-state index in [0.29, 0.717) is 12.8 Å². The SMILES string of the molecule is C=CC1(C(CCC)S(=O)(=O)O)C=C[NH2+]C=C1. The van der Waals surface area contributed by atoms with E-state index in [2.05, 4.69) is 6.58 Å². The van der Waals surface area contributed by atoms with Gasteiger partial charge < -0.3 is 0 Å². The largest absolute Gasteiger partial charge is 0.294 e. The van der Waals surface area contributed by atoms with Crippen LogP contribution in [0.2, 0.25) is 0 Å². The molecule has 0 fully saturated rings. The lowest BCUT2D eigenvalue weighted by Crippen LogP contribution is -2.72.